The van der Waals surface area contributed by atoms with Gasteiger partial charge in [-0.05, 0) is 31.7 Å². The number of rotatable bonds is 9. The summed E-state index contributed by atoms with van der Waals surface area (Å²) in [4.78, 5) is 12.9. The van der Waals surface area contributed by atoms with E-state index in [2.05, 4.69) is 34.9 Å². The molecule has 0 aliphatic rings. The van der Waals surface area contributed by atoms with Crippen LogP contribution < -0.4 is 10.6 Å². The molecule has 1 amide bonds. The van der Waals surface area contributed by atoms with Crippen molar-refractivity contribution in [2.45, 2.75) is 24.3 Å². The minimum Gasteiger partial charge on any atom is -0.384 e. The number of nitrogens with one attached hydrogen (secondary N) is 2. The number of hydrogen-bond acceptors (Lipinski definition) is 4. The van der Waals surface area contributed by atoms with E-state index in [0.717, 1.165) is 17.9 Å². The molecular formula is C15H24N2O2S. The Morgan fingerprint density at radius 3 is 2.65 bits per heavy atom. The van der Waals surface area contributed by atoms with Crippen LogP contribution in [0.2, 0.25) is 0 Å². The first-order valence-corrected chi connectivity index (χ1v) is 7.81. The average Bonchev–Trinajstić information content (AvgIpc) is 2.46. The maximum absolute atomic E-state index is 11.7. The second-order valence-electron chi connectivity index (χ2n) is 4.55. The number of carbonyl (C=O) groups excluding carboxylic acids is 1. The van der Waals surface area contributed by atoms with Gasteiger partial charge in [0.25, 0.3) is 0 Å². The number of amides is 1. The molecule has 1 rings (SSSR count). The molecule has 0 aromatic heterocycles. The third kappa shape index (κ3) is 6.41. The van der Waals surface area contributed by atoms with Crippen LogP contribution in [0.15, 0.2) is 29.2 Å². The number of thioether (sulfide) groups is 1. The lowest BCUT2D eigenvalue weighted by molar-refractivity contribution is -0.121. The number of carbonyl (C=O) groups is 1. The van der Waals surface area contributed by atoms with Crippen LogP contribution in [0.5, 0.6) is 0 Å². The summed E-state index contributed by atoms with van der Waals surface area (Å²) in [6.45, 7) is 3.46. The Labute approximate surface area is 125 Å². The van der Waals surface area contributed by atoms with Crippen molar-refractivity contribution in [3.8, 4) is 0 Å². The Morgan fingerprint density at radius 2 is 2.05 bits per heavy atom. The van der Waals surface area contributed by atoms with E-state index in [9.17, 15) is 4.79 Å². The molecule has 1 atom stereocenters. The van der Waals surface area contributed by atoms with Crippen molar-refractivity contribution in [2.75, 3.05) is 33.1 Å². The third-order valence-corrected chi connectivity index (χ3v) is 3.89. The van der Waals surface area contributed by atoms with E-state index in [1.807, 2.05) is 14.0 Å². The maximum atomic E-state index is 11.7. The van der Waals surface area contributed by atoms with E-state index < -0.39 is 0 Å². The van der Waals surface area contributed by atoms with E-state index in [0.29, 0.717) is 13.0 Å². The second kappa shape index (κ2) is 9.80. The first kappa shape index (κ1) is 17.0. The van der Waals surface area contributed by atoms with Crippen molar-refractivity contribution in [3.63, 3.8) is 0 Å². The predicted molar refractivity (Wildman–Crippen MR) is 84.1 cm³/mol. The summed E-state index contributed by atoms with van der Waals surface area (Å²) in [7, 11) is 3.55. The van der Waals surface area contributed by atoms with E-state index in [1.54, 1.807) is 18.9 Å². The zero-order valence-corrected chi connectivity index (χ0v) is 13.3. The average molecular weight is 296 g/mol. The fraction of sp³-hybridized carbons (Fsp3) is 0.533. The molecule has 1 unspecified atom stereocenters. The molecule has 5 heteroatoms. The fourth-order valence-corrected chi connectivity index (χ4v) is 2.55. The summed E-state index contributed by atoms with van der Waals surface area (Å²) < 4.78 is 5.03. The van der Waals surface area contributed by atoms with Crippen molar-refractivity contribution >= 4 is 17.7 Å². The fourth-order valence-electron chi connectivity index (χ4n) is 1.73. The predicted octanol–water partition coefficient (Wildman–Crippen LogP) is 2.21. The van der Waals surface area contributed by atoms with Crippen LogP contribution >= 0.6 is 11.8 Å². The summed E-state index contributed by atoms with van der Waals surface area (Å²) >= 11 is 1.77. The van der Waals surface area contributed by atoms with Crippen LogP contribution in [0.4, 0.5) is 0 Å². The summed E-state index contributed by atoms with van der Waals surface area (Å²) in [5.74, 6) is 1.02. The lowest BCUT2D eigenvalue weighted by atomic mass is 10.1. The number of hydrogen-bond donors (Lipinski definition) is 2. The van der Waals surface area contributed by atoms with Gasteiger partial charge >= 0.3 is 0 Å². The van der Waals surface area contributed by atoms with Crippen molar-refractivity contribution in [1.29, 1.82) is 0 Å². The van der Waals surface area contributed by atoms with E-state index >= 15 is 0 Å². The van der Waals surface area contributed by atoms with Gasteiger partial charge in [-0.15, -0.1) is 11.8 Å². The highest BCUT2D eigenvalue weighted by Crippen LogP contribution is 2.20. The molecule has 0 fully saturated rings. The molecular weight excluding hydrogens is 272 g/mol. The molecule has 1 aromatic rings. The first-order valence-electron chi connectivity index (χ1n) is 6.83. The minimum absolute atomic E-state index is 0.0392. The Hall–Kier alpha value is -1.04. The molecule has 0 saturated carbocycles. The standard InChI is InChI=1S/C15H24N2O2S/c1-12(17-15(18)8-9-16-2)13-4-6-14(7-5-13)20-11-10-19-3/h4-7,12,16H,8-11H2,1-3H3,(H,17,18). The lowest BCUT2D eigenvalue weighted by Gasteiger charge is -2.14. The highest BCUT2D eigenvalue weighted by molar-refractivity contribution is 7.99. The Balaban J connectivity index is 2.44. The number of benzene rings is 1. The van der Waals surface area contributed by atoms with Crippen LogP contribution in [-0.4, -0.2) is 39.0 Å². The highest BCUT2D eigenvalue weighted by atomic mass is 32.2. The molecule has 0 aliphatic heterocycles. The van der Waals surface area contributed by atoms with Gasteiger partial charge in [-0.25, -0.2) is 0 Å². The lowest BCUT2D eigenvalue weighted by Crippen LogP contribution is -2.29. The normalized spacial score (nSPS) is 12.2. The summed E-state index contributed by atoms with van der Waals surface area (Å²) in [5.41, 5.74) is 1.12. The Bertz CT molecular complexity index is 395. The number of methoxy groups -OCH3 is 1. The number of ether oxygens (including phenoxy) is 1. The van der Waals surface area contributed by atoms with Gasteiger partial charge in [0, 0.05) is 30.7 Å². The smallest absolute Gasteiger partial charge is 0.221 e. The van der Waals surface area contributed by atoms with Gasteiger partial charge in [0.05, 0.1) is 12.6 Å². The second-order valence-corrected chi connectivity index (χ2v) is 5.72. The zero-order valence-electron chi connectivity index (χ0n) is 12.4. The van der Waals surface area contributed by atoms with Crippen molar-refractivity contribution < 1.29 is 9.53 Å². The molecule has 112 valence electrons. The molecule has 0 aliphatic carbocycles. The molecule has 0 heterocycles. The molecule has 0 radical (unpaired) electrons. The van der Waals surface area contributed by atoms with Gasteiger partial charge in [-0.2, -0.15) is 0 Å². The van der Waals surface area contributed by atoms with Crippen LogP contribution in [0.25, 0.3) is 0 Å². The molecule has 20 heavy (non-hydrogen) atoms. The first-order chi connectivity index (χ1) is 9.67. The molecule has 0 saturated heterocycles. The van der Waals surface area contributed by atoms with Crippen molar-refractivity contribution in [2.24, 2.45) is 0 Å². The highest BCUT2D eigenvalue weighted by Gasteiger charge is 2.09. The Kier molecular flexibility index (Phi) is 8.34. The van der Waals surface area contributed by atoms with E-state index in [-0.39, 0.29) is 11.9 Å². The minimum atomic E-state index is 0.0392. The van der Waals surface area contributed by atoms with Crippen LogP contribution in [-0.2, 0) is 9.53 Å². The van der Waals surface area contributed by atoms with Gasteiger partial charge in [0.15, 0.2) is 0 Å². The summed E-state index contributed by atoms with van der Waals surface area (Å²) in [5, 5.41) is 5.97. The van der Waals surface area contributed by atoms with Gasteiger partial charge in [-0.1, -0.05) is 12.1 Å². The summed E-state index contributed by atoms with van der Waals surface area (Å²) in [6, 6.07) is 8.35. The third-order valence-electron chi connectivity index (χ3n) is 2.92. The topological polar surface area (TPSA) is 50.4 Å². The molecule has 2 N–H and O–H groups in total. The molecule has 4 nitrogen and oxygen atoms in total. The zero-order chi connectivity index (χ0) is 14.8. The quantitative estimate of drug-likeness (QED) is 0.542. The van der Waals surface area contributed by atoms with Gasteiger partial charge < -0.3 is 15.4 Å². The molecule has 1 aromatic carbocycles. The van der Waals surface area contributed by atoms with Crippen LogP contribution in [0, 0.1) is 0 Å². The molecule has 0 spiro atoms. The van der Waals surface area contributed by atoms with E-state index in [1.165, 1.54) is 4.90 Å². The van der Waals surface area contributed by atoms with Crippen molar-refractivity contribution in [3.05, 3.63) is 29.8 Å². The van der Waals surface area contributed by atoms with Crippen molar-refractivity contribution in [1.82, 2.24) is 10.6 Å². The summed E-state index contributed by atoms with van der Waals surface area (Å²) in [6.07, 6.45) is 0.506. The van der Waals surface area contributed by atoms with E-state index in [4.69, 9.17) is 4.74 Å². The SMILES string of the molecule is CNCCC(=O)NC(C)c1ccc(SCCOC)cc1. The van der Waals surface area contributed by atoms with Gasteiger partial charge in [0.2, 0.25) is 5.91 Å². The van der Waals surface area contributed by atoms with Crippen LogP contribution in [0.1, 0.15) is 24.9 Å². The van der Waals surface area contributed by atoms with Gasteiger partial charge in [-0.3, -0.25) is 4.79 Å². The largest absolute Gasteiger partial charge is 0.384 e. The maximum Gasteiger partial charge on any atom is 0.221 e. The monoisotopic (exact) mass is 296 g/mol. The van der Waals surface area contributed by atoms with Crippen LogP contribution in [0.3, 0.4) is 0 Å². The van der Waals surface area contributed by atoms with Gasteiger partial charge in [0.1, 0.15) is 0 Å². The Morgan fingerprint density at radius 1 is 1.35 bits per heavy atom. The molecule has 0 bridgehead atoms.